The minimum Gasteiger partial charge on any atom is -0.463 e. The van der Waals surface area contributed by atoms with Gasteiger partial charge in [-0.15, -0.1) is 0 Å². The smallest absolute Gasteiger partial charge is 0.331 e. The van der Waals surface area contributed by atoms with E-state index < -0.39 is 0 Å². The molecule has 78 valence electrons. The van der Waals surface area contributed by atoms with Crippen molar-refractivity contribution in [3.05, 3.63) is 23.3 Å². The summed E-state index contributed by atoms with van der Waals surface area (Å²) in [5.74, 6) is 0.418. The van der Waals surface area contributed by atoms with E-state index in [1.54, 1.807) is 6.08 Å². The Morgan fingerprint density at radius 1 is 1.64 bits per heavy atom. The Labute approximate surface area is 85.6 Å². The maximum atomic E-state index is 11.2. The Balaban J connectivity index is 2.67. The SMILES string of the molecule is CCOC(=O)/C=C1/C=C(C)CC(C)C1. The van der Waals surface area contributed by atoms with Crippen molar-refractivity contribution in [2.45, 2.75) is 33.6 Å². The lowest BCUT2D eigenvalue weighted by molar-refractivity contribution is -0.137. The summed E-state index contributed by atoms with van der Waals surface area (Å²) in [6.45, 7) is 6.58. The summed E-state index contributed by atoms with van der Waals surface area (Å²) >= 11 is 0. The lowest BCUT2D eigenvalue weighted by atomic mass is 9.88. The van der Waals surface area contributed by atoms with Crippen LogP contribution in [0, 0.1) is 5.92 Å². The van der Waals surface area contributed by atoms with Crippen molar-refractivity contribution in [2.75, 3.05) is 6.61 Å². The highest BCUT2D eigenvalue weighted by Gasteiger charge is 2.12. The van der Waals surface area contributed by atoms with E-state index in [1.165, 1.54) is 5.57 Å². The molecule has 1 aliphatic rings. The summed E-state index contributed by atoms with van der Waals surface area (Å²) in [6.07, 6.45) is 5.83. The molecule has 1 rings (SSSR count). The third-order valence-electron chi connectivity index (χ3n) is 2.28. The van der Waals surface area contributed by atoms with Crippen molar-refractivity contribution >= 4 is 5.97 Å². The summed E-state index contributed by atoms with van der Waals surface area (Å²) in [5.41, 5.74) is 2.44. The fourth-order valence-corrected chi connectivity index (χ4v) is 1.89. The minimum absolute atomic E-state index is 0.222. The summed E-state index contributed by atoms with van der Waals surface area (Å²) in [6, 6.07) is 0. The topological polar surface area (TPSA) is 26.3 Å². The summed E-state index contributed by atoms with van der Waals surface area (Å²) in [4.78, 5) is 11.2. The van der Waals surface area contributed by atoms with Gasteiger partial charge in [0.25, 0.3) is 0 Å². The van der Waals surface area contributed by atoms with Crippen molar-refractivity contribution < 1.29 is 9.53 Å². The normalized spacial score (nSPS) is 24.6. The number of hydrogen-bond donors (Lipinski definition) is 0. The van der Waals surface area contributed by atoms with Crippen molar-refractivity contribution in [3.63, 3.8) is 0 Å². The van der Waals surface area contributed by atoms with Crippen LogP contribution in [0.3, 0.4) is 0 Å². The van der Waals surface area contributed by atoms with E-state index in [0.717, 1.165) is 18.4 Å². The molecule has 0 saturated heterocycles. The number of allylic oxidation sites excluding steroid dienone is 3. The Morgan fingerprint density at radius 2 is 2.36 bits per heavy atom. The second-order valence-electron chi connectivity index (χ2n) is 3.98. The zero-order valence-electron chi connectivity index (χ0n) is 9.17. The Kier molecular flexibility index (Phi) is 3.93. The van der Waals surface area contributed by atoms with Gasteiger partial charge in [0.15, 0.2) is 0 Å². The first-order chi connectivity index (χ1) is 6.61. The molecule has 1 unspecified atom stereocenters. The minimum atomic E-state index is -0.222. The molecule has 0 heterocycles. The fraction of sp³-hybridized carbons (Fsp3) is 0.583. The molecule has 0 aliphatic heterocycles. The molecule has 1 aliphatic carbocycles. The second-order valence-corrected chi connectivity index (χ2v) is 3.98. The zero-order valence-corrected chi connectivity index (χ0v) is 9.17. The number of hydrogen-bond acceptors (Lipinski definition) is 2. The van der Waals surface area contributed by atoms with Crippen molar-refractivity contribution in [1.29, 1.82) is 0 Å². The zero-order chi connectivity index (χ0) is 10.6. The van der Waals surface area contributed by atoms with Crippen LogP contribution in [0.4, 0.5) is 0 Å². The molecule has 0 radical (unpaired) electrons. The second kappa shape index (κ2) is 4.99. The van der Waals surface area contributed by atoms with Gasteiger partial charge in [-0.3, -0.25) is 0 Å². The molecule has 0 N–H and O–H groups in total. The number of carbonyl (C=O) groups excluding carboxylic acids is 1. The van der Waals surface area contributed by atoms with Gasteiger partial charge in [0.2, 0.25) is 0 Å². The number of rotatable bonds is 2. The molecule has 0 spiro atoms. The molecular weight excluding hydrogens is 176 g/mol. The van der Waals surface area contributed by atoms with Gasteiger partial charge in [0, 0.05) is 6.08 Å². The van der Waals surface area contributed by atoms with Gasteiger partial charge in [-0.25, -0.2) is 4.79 Å². The highest BCUT2D eigenvalue weighted by molar-refractivity contribution is 5.83. The molecule has 1 atom stereocenters. The molecule has 0 bridgehead atoms. The van der Waals surface area contributed by atoms with Gasteiger partial charge < -0.3 is 4.74 Å². The fourth-order valence-electron chi connectivity index (χ4n) is 1.89. The molecule has 2 heteroatoms. The summed E-state index contributed by atoms with van der Waals surface area (Å²) in [5, 5.41) is 0. The third kappa shape index (κ3) is 3.36. The van der Waals surface area contributed by atoms with Crippen LogP contribution in [-0.4, -0.2) is 12.6 Å². The monoisotopic (exact) mass is 194 g/mol. The molecule has 0 fully saturated rings. The van der Waals surface area contributed by atoms with Gasteiger partial charge in [0.1, 0.15) is 0 Å². The molecule has 0 aromatic heterocycles. The van der Waals surface area contributed by atoms with Crippen LogP contribution < -0.4 is 0 Å². The molecule has 2 nitrogen and oxygen atoms in total. The predicted molar refractivity (Wildman–Crippen MR) is 56.9 cm³/mol. The van der Waals surface area contributed by atoms with Crippen LogP contribution in [0.2, 0.25) is 0 Å². The number of ether oxygens (including phenoxy) is 1. The van der Waals surface area contributed by atoms with Gasteiger partial charge in [-0.1, -0.05) is 18.6 Å². The Morgan fingerprint density at radius 3 is 2.93 bits per heavy atom. The van der Waals surface area contributed by atoms with E-state index in [1.807, 2.05) is 6.92 Å². The van der Waals surface area contributed by atoms with Gasteiger partial charge >= 0.3 is 5.97 Å². The quantitative estimate of drug-likeness (QED) is 0.499. The van der Waals surface area contributed by atoms with E-state index in [0.29, 0.717) is 12.5 Å². The summed E-state index contributed by atoms with van der Waals surface area (Å²) < 4.78 is 4.87. The molecule has 0 aromatic rings. The number of carbonyl (C=O) groups is 1. The first-order valence-corrected chi connectivity index (χ1v) is 5.16. The summed E-state index contributed by atoms with van der Waals surface area (Å²) in [7, 11) is 0. The maximum Gasteiger partial charge on any atom is 0.331 e. The van der Waals surface area contributed by atoms with Crippen LogP contribution in [0.15, 0.2) is 23.3 Å². The molecule has 14 heavy (non-hydrogen) atoms. The van der Waals surface area contributed by atoms with E-state index in [9.17, 15) is 4.79 Å². The number of esters is 1. The first kappa shape index (κ1) is 11.0. The van der Waals surface area contributed by atoms with Gasteiger partial charge in [0.05, 0.1) is 6.61 Å². The van der Waals surface area contributed by atoms with Crippen molar-refractivity contribution in [3.8, 4) is 0 Å². The lowest BCUT2D eigenvalue weighted by Gasteiger charge is -2.18. The first-order valence-electron chi connectivity index (χ1n) is 5.16. The Bertz CT molecular complexity index is 274. The van der Waals surface area contributed by atoms with Crippen molar-refractivity contribution in [2.24, 2.45) is 5.92 Å². The third-order valence-corrected chi connectivity index (χ3v) is 2.28. The molecular formula is C12H18O2. The standard InChI is InChI=1S/C12H18O2/c1-4-14-12(13)8-11-6-9(2)5-10(3)7-11/h6,8,10H,4-5,7H2,1-3H3/b11-8-. The van der Waals surface area contributed by atoms with Gasteiger partial charge in [-0.2, -0.15) is 0 Å². The highest BCUT2D eigenvalue weighted by Crippen LogP contribution is 2.26. The molecule has 0 saturated carbocycles. The lowest BCUT2D eigenvalue weighted by Crippen LogP contribution is -2.06. The van der Waals surface area contributed by atoms with Crippen LogP contribution in [0.5, 0.6) is 0 Å². The van der Waals surface area contributed by atoms with Crippen LogP contribution in [0.25, 0.3) is 0 Å². The maximum absolute atomic E-state index is 11.2. The molecule has 0 aromatic carbocycles. The van der Waals surface area contributed by atoms with E-state index in [4.69, 9.17) is 4.74 Å². The van der Waals surface area contributed by atoms with Gasteiger partial charge in [-0.05, 0) is 38.2 Å². The largest absolute Gasteiger partial charge is 0.463 e. The van der Waals surface area contributed by atoms with E-state index in [2.05, 4.69) is 19.9 Å². The highest BCUT2D eigenvalue weighted by atomic mass is 16.5. The Hall–Kier alpha value is -1.05. The van der Waals surface area contributed by atoms with Crippen molar-refractivity contribution in [1.82, 2.24) is 0 Å². The van der Waals surface area contributed by atoms with Crippen LogP contribution in [-0.2, 0) is 9.53 Å². The predicted octanol–water partition coefficient (Wildman–Crippen LogP) is 2.85. The van der Waals surface area contributed by atoms with Crippen LogP contribution in [0.1, 0.15) is 33.6 Å². The average molecular weight is 194 g/mol. The average Bonchev–Trinajstić information content (AvgIpc) is 2.01. The molecule has 0 amide bonds. The van der Waals surface area contributed by atoms with E-state index >= 15 is 0 Å². The van der Waals surface area contributed by atoms with E-state index in [-0.39, 0.29) is 5.97 Å². The van der Waals surface area contributed by atoms with Crippen LogP contribution >= 0.6 is 0 Å².